The molecule has 2 aromatic carbocycles. The molecule has 0 amide bonds. The molecule has 0 spiro atoms. The predicted octanol–water partition coefficient (Wildman–Crippen LogP) is 3.95. The maximum Gasteiger partial charge on any atom is 0.175 e. The molecule has 0 saturated carbocycles. The lowest BCUT2D eigenvalue weighted by Gasteiger charge is -2.13. The molecule has 3 nitrogen and oxygen atoms in total. The number of methoxy groups -OCH3 is 1. The Balaban J connectivity index is 2.07. The summed E-state index contributed by atoms with van der Waals surface area (Å²) in [5, 5.41) is 6.40. The lowest BCUT2D eigenvalue weighted by molar-refractivity contribution is 0.415. The van der Waals surface area contributed by atoms with Crippen LogP contribution in [0.4, 0.5) is 15.8 Å². The minimum Gasteiger partial charge on any atom is -0.497 e. The van der Waals surface area contributed by atoms with Crippen LogP contribution in [-0.2, 0) is 0 Å². The van der Waals surface area contributed by atoms with Crippen molar-refractivity contribution in [3.05, 3.63) is 53.8 Å². The Morgan fingerprint density at radius 1 is 1.15 bits per heavy atom. The van der Waals surface area contributed by atoms with E-state index < -0.39 is 0 Å². The van der Waals surface area contributed by atoms with E-state index in [0.717, 1.165) is 17.0 Å². The molecule has 20 heavy (non-hydrogen) atoms. The van der Waals surface area contributed by atoms with E-state index >= 15 is 0 Å². The van der Waals surface area contributed by atoms with Crippen LogP contribution in [0.25, 0.3) is 0 Å². The van der Waals surface area contributed by atoms with Gasteiger partial charge in [0, 0.05) is 17.4 Å². The molecule has 104 valence electrons. The lowest BCUT2D eigenvalue weighted by Crippen LogP contribution is -2.19. The van der Waals surface area contributed by atoms with E-state index in [0.29, 0.717) is 10.8 Å². The zero-order valence-electron chi connectivity index (χ0n) is 11.2. The van der Waals surface area contributed by atoms with Crippen molar-refractivity contribution in [2.75, 3.05) is 17.7 Å². The third-order valence-electron chi connectivity index (χ3n) is 2.78. The average Bonchev–Trinajstić information content (AvgIpc) is 2.43. The van der Waals surface area contributed by atoms with Crippen LogP contribution in [0.5, 0.6) is 5.75 Å². The van der Waals surface area contributed by atoms with Gasteiger partial charge in [-0.2, -0.15) is 0 Å². The van der Waals surface area contributed by atoms with Gasteiger partial charge in [0.05, 0.1) is 7.11 Å². The molecule has 0 aliphatic carbocycles. The molecule has 5 heteroatoms. The summed E-state index contributed by atoms with van der Waals surface area (Å²) in [6, 6.07) is 11.9. The smallest absolute Gasteiger partial charge is 0.175 e. The minimum atomic E-state index is -0.303. The molecule has 0 saturated heterocycles. The highest BCUT2D eigenvalue weighted by Crippen LogP contribution is 2.19. The van der Waals surface area contributed by atoms with Crippen LogP contribution in [0.15, 0.2) is 42.5 Å². The van der Waals surface area contributed by atoms with Gasteiger partial charge in [-0.25, -0.2) is 4.39 Å². The number of ether oxygens (including phenoxy) is 1. The highest BCUT2D eigenvalue weighted by Gasteiger charge is 2.04. The number of benzene rings is 2. The molecular weight excluding hydrogens is 275 g/mol. The predicted molar refractivity (Wildman–Crippen MR) is 84.0 cm³/mol. The molecule has 2 aromatic rings. The molecular formula is C15H15FN2OS. The first kappa shape index (κ1) is 14.3. The largest absolute Gasteiger partial charge is 0.497 e. The van der Waals surface area contributed by atoms with Crippen LogP contribution in [0.1, 0.15) is 5.56 Å². The molecule has 2 rings (SSSR count). The fraction of sp³-hybridized carbons (Fsp3) is 0.133. The Morgan fingerprint density at radius 3 is 2.70 bits per heavy atom. The number of rotatable bonds is 3. The molecule has 0 aliphatic rings. The molecule has 0 unspecified atom stereocenters. The lowest BCUT2D eigenvalue weighted by atomic mass is 10.2. The molecule has 0 aromatic heterocycles. The minimum absolute atomic E-state index is 0.303. The van der Waals surface area contributed by atoms with Gasteiger partial charge >= 0.3 is 0 Å². The molecule has 0 atom stereocenters. The number of hydrogen-bond acceptors (Lipinski definition) is 2. The van der Waals surface area contributed by atoms with E-state index in [1.165, 1.54) is 12.1 Å². The summed E-state index contributed by atoms with van der Waals surface area (Å²) in [5.74, 6) is 0.432. The molecule has 0 fully saturated rings. The van der Waals surface area contributed by atoms with E-state index in [9.17, 15) is 4.39 Å². The molecule has 0 bridgehead atoms. The van der Waals surface area contributed by atoms with E-state index in [-0.39, 0.29) is 5.82 Å². The summed E-state index contributed by atoms with van der Waals surface area (Å²) in [6.07, 6.45) is 0. The van der Waals surface area contributed by atoms with Gasteiger partial charge < -0.3 is 15.4 Å². The maximum atomic E-state index is 13.2. The monoisotopic (exact) mass is 290 g/mol. The van der Waals surface area contributed by atoms with Crippen molar-refractivity contribution >= 4 is 28.7 Å². The van der Waals surface area contributed by atoms with Gasteiger partial charge in [0.15, 0.2) is 5.11 Å². The number of aryl methyl sites for hydroxylation is 1. The standard InChI is InChI=1S/C15H15FN2OS/c1-10-6-7-11(16)8-14(10)18-15(20)17-12-4-3-5-13(9-12)19-2/h3-9H,1-2H3,(H2,17,18,20). The number of nitrogens with one attached hydrogen (secondary N) is 2. The summed E-state index contributed by atoms with van der Waals surface area (Å²) in [5.41, 5.74) is 2.36. The second-order valence-corrected chi connectivity index (χ2v) is 4.68. The van der Waals surface area contributed by atoms with Crippen molar-refractivity contribution in [1.82, 2.24) is 0 Å². The van der Waals surface area contributed by atoms with Crippen molar-refractivity contribution in [2.24, 2.45) is 0 Å². The van der Waals surface area contributed by atoms with Gasteiger partial charge in [0.2, 0.25) is 0 Å². The van der Waals surface area contributed by atoms with Crippen LogP contribution in [0.2, 0.25) is 0 Å². The van der Waals surface area contributed by atoms with Crippen molar-refractivity contribution in [1.29, 1.82) is 0 Å². The average molecular weight is 290 g/mol. The molecule has 2 N–H and O–H groups in total. The number of halogens is 1. The highest BCUT2D eigenvalue weighted by atomic mass is 32.1. The Morgan fingerprint density at radius 2 is 1.95 bits per heavy atom. The van der Waals surface area contributed by atoms with Crippen molar-refractivity contribution < 1.29 is 9.13 Å². The number of anilines is 2. The Bertz CT molecular complexity index is 631. The second-order valence-electron chi connectivity index (χ2n) is 4.27. The topological polar surface area (TPSA) is 33.3 Å². The van der Waals surface area contributed by atoms with Crippen LogP contribution < -0.4 is 15.4 Å². The van der Waals surface area contributed by atoms with Gasteiger partial charge in [-0.05, 0) is 49.0 Å². The zero-order chi connectivity index (χ0) is 14.5. The summed E-state index contributed by atoms with van der Waals surface area (Å²) in [4.78, 5) is 0. The molecule has 0 aliphatic heterocycles. The quantitative estimate of drug-likeness (QED) is 0.839. The summed E-state index contributed by atoms with van der Waals surface area (Å²) in [7, 11) is 1.60. The fourth-order valence-electron chi connectivity index (χ4n) is 1.71. The van der Waals surface area contributed by atoms with Crippen LogP contribution in [0, 0.1) is 12.7 Å². The Kier molecular flexibility index (Phi) is 4.53. The zero-order valence-corrected chi connectivity index (χ0v) is 12.1. The highest BCUT2D eigenvalue weighted by molar-refractivity contribution is 7.80. The van der Waals surface area contributed by atoms with Gasteiger partial charge in [-0.15, -0.1) is 0 Å². The van der Waals surface area contributed by atoms with Gasteiger partial charge in [-0.3, -0.25) is 0 Å². The first-order chi connectivity index (χ1) is 9.58. The van der Waals surface area contributed by atoms with Crippen LogP contribution >= 0.6 is 12.2 Å². The first-order valence-corrected chi connectivity index (χ1v) is 6.47. The number of thiocarbonyl (C=S) groups is 1. The van der Waals surface area contributed by atoms with Crippen molar-refractivity contribution in [3.63, 3.8) is 0 Å². The van der Waals surface area contributed by atoms with E-state index in [1.807, 2.05) is 31.2 Å². The molecule has 0 heterocycles. The Labute approximate surface area is 122 Å². The second kappa shape index (κ2) is 6.34. The summed E-state index contributed by atoms with van der Waals surface area (Å²) in [6.45, 7) is 1.88. The van der Waals surface area contributed by atoms with Gasteiger partial charge in [0.1, 0.15) is 11.6 Å². The van der Waals surface area contributed by atoms with Gasteiger partial charge in [-0.1, -0.05) is 12.1 Å². The fourth-order valence-corrected chi connectivity index (χ4v) is 1.94. The van der Waals surface area contributed by atoms with Gasteiger partial charge in [0.25, 0.3) is 0 Å². The third kappa shape index (κ3) is 3.68. The van der Waals surface area contributed by atoms with Crippen LogP contribution in [0.3, 0.4) is 0 Å². The number of hydrogen-bond donors (Lipinski definition) is 2. The summed E-state index contributed by atoms with van der Waals surface area (Å²) < 4.78 is 18.3. The van der Waals surface area contributed by atoms with Crippen LogP contribution in [-0.4, -0.2) is 12.2 Å². The normalized spacial score (nSPS) is 9.95. The SMILES string of the molecule is COc1cccc(NC(=S)Nc2cc(F)ccc2C)c1. The van der Waals surface area contributed by atoms with Crippen molar-refractivity contribution in [2.45, 2.75) is 6.92 Å². The molecule has 0 radical (unpaired) electrons. The first-order valence-electron chi connectivity index (χ1n) is 6.06. The van der Waals surface area contributed by atoms with Crippen molar-refractivity contribution in [3.8, 4) is 5.75 Å². The van der Waals surface area contributed by atoms with E-state index in [4.69, 9.17) is 17.0 Å². The third-order valence-corrected chi connectivity index (χ3v) is 2.98. The summed E-state index contributed by atoms with van der Waals surface area (Å²) >= 11 is 5.21. The van der Waals surface area contributed by atoms with E-state index in [1.54, 1.807) is 13.2 Å². The Hall–Kier alpha value is -2.14. The maximum absolute atomic E-state index is 13.2. The van der Waals surface area contributed by atoms with E-state index in [2.05, 4.69) is 10.6 Å².